The Morgan fingerprint density at radius 1 is 1.29 bits per heavy atom. The molecule has 0 spiro atoms. The third-order valence-electron chi connectivity index (χ3n) is 4.96. The van der Waals surface area contributed by atoms with Gasteiger partial charge in [-0.05, 0) is 37.5 Å². The van der Waals surface area contributed by atoms with Gasteiger partial charge in [0, 0.05) is 13.4 Å². The van der Waals surface area contributed by atoms with E-state index in [0.29, 0.717) is 17.1 Å². The maximum atomic E-state index is 13.7. The number of halogens is 2. The standard InChI is InChI=1S/C19H24ClFN2O4S/c1-11-19(28(3,24)25)23-18(22-11)17(12-8-9-14(21)13(20)10-12)27-16-7-5-4-6-15(16)26-2/h8-10,15-17H,4-7H2,1-3H3,(H,22,23). The van der Waals surface area contributed by atoms with Crippen LogP contribution in [-0.2, 0) is 19.3 Å². The summed E-state index contributed by atoms with van der Waals surface area (Å²) in [5, 5.41) is -0.0686. The summed E-state index contributed by atoms with van der Waals surface area (Å²) >= 11 is 5.97. The normalized spacial score (nSPS) is 21.6. The van der Waals surface area contributed by atoms with Crippen molar-refractivity contribution in [2.24, 2.45) is 0 Å². The lowest BCUT2D eigenvalue weighted by Gasteiger charge is -2.33. The molecule has 1 N–H and O–H groups in total. The maximum absolute atomic E-state index is 13.7. The van der Waals surface area contributed by atoms with Crippen LogP contribution in [0.15, 0.2) is 23.2 Å². The van der Waals surface area contributed by atoms with Crippen molar-refractivity contribution in [1.82, 2.24) is 9.97 Å². The van der Waals surface area contributed by atoms with Crippen molar-refractivity contribution >= 4 is 21.4 Å². The highest BCUT2D eigenvalue weighted by Crippen LogP contribution is 2.34. The molecule has 3 atom stereocenters. The van der Waals surface area contributed by atoms with Crippen LogP contribution in [0.25, 0.3) is 0 Å². The summed E-state index contributed by atoms with van der Waals surface area (Å²) in [5.74, 6) is -0.204. The predicted octanol–water partition coefficient (Wildman–Crippen LogP) is 3.98. The topological polar surface area (TPSA) is 81.3 Å². The first-order valence-corrected chi connectivity index (χ1v) is 11.4. The van der Waals surface area contributed by atoms with Crippen molar-refractivity contribution in [3.8, 4) is 0 Å². The molecule has 0 bridgehead atoms. The Balaban J connectivity index is 2.03. The van der Waals surface area contributed by atoms with Crippen LogP contribution in [0.1, 0.15) is 48.9 Å². The van der Waals surface area contributed by atoms with Gasteiger partial charge < -0.3 is 14.5 Å². The third-order valence-corrected chi connectivity index (χ3v) is 6.35. The van der Waals surface area contributed by atoms with Crippen molar-refractivity contribution in [3.63, 3.8) is 0 Å². The number of benzene rings is 1. The van der Waals surface area contributed by atoms with Crippen LogP contribution in [0.2, 0.25) is 5.02 Å². The Hall–Kier alpha value is -1.48. The van der Waals surface area contributed by atoms with Crippen molar-refractivity contribution in [2.45, 2.75) is 55.9 Å². The van der Waals surface area contributed by atoms with E-state index in [4.69, 9.17) is 21.1 Å². The average Bonchev–Trinajstić information content (AvgIpc) is 3.04. The first-order chi connectivity index (χ1) is 13.2. The quantitative estimate of drug-likeness (QED) is 0.749. The van der Waals surface area contributed by atoms with E-state index in [1.165, 1.54) is 12.1 Å². The second kappa shape index (κ2) is 8.49. The molecule has 3 rings (SSSR count). The molecular formula is C19H24ClFN2O4S. The van der Waals surface area contributed by atoms with Crippen molar-refractivity contribution in [2.75, 3.05) is 13.4 Å². The highest BCUT2D eigenvalue weighted by molar-refractivity contribution is 7.90. The summed E-state index contributed by atoms with van der Waals surface area (Å²) in [6.45, 7) is 1.64. The zero-order valence-corrected chi connectivity index (χ0v) is 17.6. The van der Waals surface area contributed by atoms with Gasteiger partial charge in [0.1, 0.15) is 17.7 Å². The molecule has 1 aliphatic carbocycles. The lowest BCUT2D eigenvalue weighted by molar-refractivity contribution is -0.0995. The smallest absolute Gasteiger partial charge is 0.194 e. The van der Waals surface area contributed by atoms with Crippen molar-refractivity contribution in [1.29, 1.82) is 0 Å². The van der Waals surface area contributed by atoms with E-state index in [-0.39, 0.29) is 22.3 Å². The number of imidazole rings is 1. The molecule has 1 fully saturated rings. The third kappa shape index (κ3) is 4.56. The molecule has 28 heavy (non-hydrogen) atoms. The molecule has 1 aliphatic rings. The molecule has 0 radical (unpaired) electrons. The average molecular weight is 431 g/mol. The largest absolute Gasteiger partial charge is 0.379 e. The number of methoxy groups -OCH3 is 1. The SMILES string of the molecule is COC1CCCCC1OC(c1ccc(F)c(Cl)c1)c1nc(S(C)(=O)=O)c(C)[nH]1. The number of ether oxygens (including phenoxy) is 2. The van der Waals surface area contributed by atoms with Gasteiger partial charge in [-0.2, -0.15) is 0 Å². The first-order valence-electron chi connectivity index (χ1n) is 9.10. The molecule has 1 aromatic carbocycles. The minimum atomic E-state index is -3.50. The van der Waals surface area contributed by atoms with Crippen molar-refractivity contribution < 1.29 is 22.3 Å². The maximum Gasteiger partial charge on any atom is 0.194 e. The molecule has 9 heteroatoms. The monoisotopic (exact) mass is 430 g/mol. The summed E-state index contributed by atoms with van der Waals surface area (Å²) in [6, 6.07) is 4.30. The molecule has 1 saturated carbocycles. The Bertz CT molecular complexity index is 947. The van der Waals surface area contributed by atoms with Crippen LogP contribution in [0.4, 0.5) is 4.39 Å². The highest BCUT2D eigenvalue weighted by atomic mass is 35.5. The van der Waals surface area contributed by atoms with E-state index in [1.807, 2.05) is 0 Å². The molecule has 6 nitrogen and oxygen atoms in total. The lowest BCUT2D eigenvalue weighted by atomic mass is 9.94. The van der Waals surface area contributed by atoms with Gasteiger partial charge >= 0.3 is 0 Å². The lowest BCUT2D eigenvalue weighted by Crippen LogP contribution is -2.35. The summed E-state index contributed by atoms with van der Waals surface area (Å²) in [7, 11) is -1.85. The van der Waals surface area contributed by atoms with Crippen molar-refractivity contribution in [3.05, 3.63) is 46.1 Å². The number of hydrogen-bond acceptors (Lipinski definition) is 5. The molecule has 0 amide bonds. The second-order valence-corrected chi connectivity index (χ2v) is 9.45. The molecule has 2 aromatic rings. The number of aryl methyl sites for hydroxylation is 1. The summed E-state index contributed by atoms with van der Waals surface area (Å²) in [6.07, 6.45) is 3.86. The Labute approximate surface area is 169 Å². The van der Waals surface area contributed by atoms with Gasteiger partial charge in [0.05, 0.1) is 22.9 Å². The zero-order valence-electron chi connectivity index (χ0n) is 16.0. The van der Waals surface area contributed by atoms with E-state index < -0.39 is 21.8 Å². The fourth-order valence-electron chi connectivity index (χ4n) is 3.59. The summed E-state index contributed by atoms with van der Waals surface area (Å²) < 4.78 is 49.6. The van der Waals surface area contributed by atoms with E-state index in [0.717, 1.165) is 31.9 Å². The fraction of sp³-hybridized carbons (Fsp3) is 0.526. The minimum Gasteiger partial charge on any atom is -0.379 e. The van der Waals surface area contributed by atoms with Crippen LogP contribution in [0.5, 0.6) is 0 Å². The van der Waals surface area contributed by atoms with E-state index in [9.17, 15) is 12.8 Å². The van der Waals surface area contributed by atoms with Crippen LogP contribution in [0.3, 0.4) is 0 Å². The van der Waals surface area contributed by atoms with E-state index in [1.54, 1.807) is 20.1 Å². The highest BCUT2D eigenvalue weighted by Gasteiger charge is 2.32. The molecule has 3 unspecified atom stereocenters. The number of aromatic nitrogens is 2. The molecule has 1 heterocycles. The summed E-state index contributed by atoms with van der Waals surface area (Å²) in [4.78, 5) is 7.29. The number of hydrogen-bond donors (Lipinski definition) is 1. The number of sulfone groups is 1. The molecule has 0 saturated heterocycles. The van der Waals surface area contributed by atoms with Gasteiger partial charge in [-0.3, -0.25) is 0 Å². The van der Waals surface area contributed by atoms with Crippen LogP contribution in [-0.4, -0.2) is 44.0 Å². The predicted molar refractivity (Wildman–Crippen MR) is 104 cm³/mol. The molecule has 0 aliphatic heterocycles. The number of H-pyrrole nitrogens is 1. The van der Waals surface area contributed by atoms with E-state index in [2.05, 4.69) is 9.97 Å². The van der Waals surface area contributed by atoms with Gasteiger partial charge in [-0.1, -0.05) is 30.5 Å². The Kier molecular flexibility index (Phi) is 6.44. The van der Waals surface area contributed by atoms with Gasteiger partial charge in [0.2, 0.25) is 0 Å². The van der Waals surface area contributed by atoms with E-state index >= 15 is 0 Å². The Morgan fingerprint density at radius 2 is 1.96 bits per heavy atom. The fourth-order valence-corrected chi connectivity index (χ4v) is 4.65. The van der Waals surface area contributed by atoms with Crippen LogP contribution < -0.4 is 0 Å². The van der Waals surface area contributed by atoms with Gasteiger partial charge in [-0.15, -0.1) is 0 Å². The van der Waals surface area contributed by atoms with Gasteiger partial charge in [0.15, 0.2) is 14.9 Å². The minimum absolute atomic E-state index is 0.0313. The number of nitrogens with one attached hydrogen (secondary N) is 1. The molecule has 154 valence electrons. The number of nitrogens with zero attached hydrogens (tertiary/aromatic N) is 1. The second-order valence-electron chi connectivity index (χ2n) is 7.11. The van der Waals surface area contributed by atoms with Gasteiger partial charge in [-0.25, -0.2) is 17.8 Å². The number of rotatable bonds is 6. The number of aromatic amines is 1. The van der Waals surface area contributed by atoms with Crippen LogP contribution >= 0.6 is 11.6 Å². The summed E-state index contributed by atoms with van der Waals surface area (Å²) in [5.41, 5.74) is 1.01. The molecule has 1 aromatic heterocycles. The van der Waals surface area contributed by atoms with Crippen LogP contribution in [0, 0.1) is 12.7 Å². The zero-order chi connectivity index (χ0) is 20.5. The van der Waals surface area contributed by atoms with Gasteiger partial charge in [0.25, 0.3) is 0 Å². The molecular weight excluding hydrogens is 407 g/mol. The first kappa shape index (κ1) is 21.2. The Morgan fingerprint density at radius 3 is 2.54 bits per heavy atom.